The van der Waals surface area contributed by atoms with Crippen LogP contribution in [0.3, 0.4) is 0 Å². The van der Waals surface area contributed by atoms with Crippen molar-refractivity contribution in [1.82, 2.24) is 4.90 Å². The second kappa shape index (κ2) is 6.59. The molecule has 1 atom stereocenters. The van der Waals surface area contributed by atoms with Crippen molar-refractivity contribution >= 4 is 39.4 Å². The van der Waals surface area contributed by atoms with Gasteiger partial charge in [-0.3, -0.25) is 4.79 Å². The van der Waals surface area contributed by atoms with E-state index in [0.29, 0.717) is 23.6 Å². The first-order valence-electron chi connectivity index (χ1n) is 6.38. The molecule has 0 saturated carbocycles. The number of esters is 1. The third-order valence-electron chi connectivity index (χ3n) is 3.40. The molecule has 1 heterocycles. The quantitative estimate of drug-likeness (QED) is 0.761. The SMILES string of the molecule is COC(=O)[C@H]1CCCCN1C(=O)c1ccc(Br)cc1Cl. The molecule has 0 spiro atoms. The zero-order valence-corrected chi connectivity index (χ0v) is 13.4. The predicted octanol–water partition coefficient (Wildman–Crippen LogP) is 3.27. The maximum absolute atomic E-state index is 12.6. The normalized spacial score (nSPS) is 18.8. The molecule has 108 valence electrons. The van der Waals surface area contributed by atoms with Gasteiger partial charge in [0.1, 0.15) is 6.04 Å². The lowest BCUT2D eigenvalue weighted by molar-refractivity contribution is -0.147. The summed E-state index contributed by atoms with van der Waals surface area (Å²) >= 11 is 9.42. The number of hydrogen-bond donors (Lipinski definition) is 0. The molecule has 1 fully saturated rings. The van der Waals surface area contributed by atoms with Gasteiger partial charge in [-0.1, -0.05) is 27.5 Å². The molecule has 6 heteroatoms. The van der Waals surface area contributed by atoms with Crippen LogP contribution in [0.5, 0.6) is 0 Å². The number of amides is 1. The van der Waals surface area contributed by atoms with E-state index in [1.165, 1.54) is 7.11 Å². The van der Waals surface area contributed by atoms with Crippen molar-refractivity contribution in [3.63, 3.8) is 0 Å². The Morgan fingerprint density at radius 3 is 2.80 bits per heavy atom. The summed E-state index contributed by atoms with van der Waals surface area (Å²) in [7, 11) is 1.34. The maximum Gasteiger partial charge on any atom is 0.328 e. The van der Waals surface area contributed by atoms with E-state index >= 15 is 0 Å². The lowest BCUT2D eigenvalue weighted by Gasteiger charge is -2.34. The average molecular weight is 361 g/mol. The Kier molecular flexibility index (Phi) is 5.05. The highest BCUT2D eigenvalue weighted by Gasteiger charge is 2.33. The van der Waals surface area contributed by atoms with Crippen LogP contribution in [0.15, 0.2) is 22.7 Å². The van der Waals surface area contributed by atoms with Crippen molar-refractivity contribution in [3.8, 4) is 0 Å². The number of methoxy groups -OCH3 is 1. The number of hydrogen-bond acceptors (Lipinski definition) is 3. The number of halogens is 2. The molecule has 1 saturated heterocycles. The number of carbonyl (C=O) groups excluding carboxylic acids is 2. The Morgan fingerprint density at radius 2 is 2.15 bits per heavy atom. The van der Waals surface area contributed by atoms with Crippen LogP contribution in [-0.2, 0) is 9.53 Å². The molecule has 0 aromatic heterocycles. The molecule has 0 N–H and O–H groups in total. The molecule has 0 radical (unpaired) electrons. The van der Waals surface area contributed by atoms with Crippen LogP contribution >= 0.6 is 27.5 Å². The first-order chi connectivity index (χ1) is 9.54. The topological polar surface area (TPSA) is 46.6 Å². The number of carbonyl (C=O) groups is 2. The Hall–Kier alpha value is -1.07. The Balaban J connectivity index is 2.27. The number of rotatable bonds is 2. The van der Waals surface area contributed by atoms with Crippen LogP contribution in [-0.4, -0.2) is 36.5 Å². The fourth-order valence-corrected chi connectivity index (χ4v) is 3.13. The van der Waals surface area contributed by atoms with Crippen LogP contribution in [0.2, 0.25) is 5.02 Å². The largest absolute Gasteiger partial charge is 0.467 e. The van der Waals surface area contributed by atoms with Gasteiger partial charge in [0.2, 0.25) is 0 Å². The second-order valence-corrected chi connectivity index (χ2v) is 5.98. The zero-order chi connectivity index (χ0) is 14.7. The highest BCUT2D eigenvalue weighted by atomic mass is 79.9. The maximum atomic E-state index is 12.6. The van der Waals surface area contributed by atoms with E-state index in [2.05, 4.69) is 15.9 Å². The molecule has 1 aliphatic rings. The molecule has 1 amide bonds. The van der Waals surface area contributed by atoms with Gasteiger partial charge in [0, 0.05) is 11.0 Å². The summed E-state index contributed by atoms with van der Waals surface area (Å²) in [5.41, 5.74) is 0.408. The number of likely N-dealkylation sites (tertiary alicyclic amines) is 1. The van der Waals surface area contributed by atoms with Gasteiger partial charge in [-0.15, -0.1) is 0 Å². The van der Waals surface area contributed by atoms with Crippen LogP contribution in [0.25, 0.3) is 0 Å². The standard InChI is InChI=1S/C14H15BrClNO3/c1-20-14(19)12-4-2-3-7-17(12)13(18)10-6-5-9(15)8-11(10)16/h5-6,8,12H,2-4,7H2,1H3/t12-/m1/s1. The van der Waals surface area contributed by atoms with E-state index in [0.717, 1.165) is 17.3 Å². The van der Waals surface area contributed by atoms with Crippen LogP contribution in [0, 0.1) is 0 Å². The van der Waals surface area contributed by atoms with E-state index in [4.69, 9.17) is 16.3 Å². The van der Waals surface area contributed by atoms with Crippen molar-refractivity contribution < 1.29 is 14.3 Å². The van der Waals surface area contributed by atoms with Gasteiger partial charge in [0.15, 0.2) is 0 Å². The predicted molar refractivity (Wildman–Crippen MR) is 79.8 cm³/mol. The lowest BCUT2D eigenvalue weighted by Crippen LogP contribution is -2.48. The van der Waals surface area contributed by atoms with Gasteiger partial charge >= 0.3 is 5.97 Å². The Bertz CT molecular complexity index is 535. The van der Waals surface area contributed by atoms with E-state index in [-0.39, 0.29) is 11.9 Å². The Labute approximate surface area is 131 Å². The van der Waals surface area contributed by atoms with Gasteiger partial charge in [-0.05, 0) is 37.5 Å². The molecule has 0 bridgehead atoms. The summed E-state index contributed by atoms with van der Waals surface area (Å²) in [6, 6.07) is 4.58. The number of nitrogens with zero attached hydrogens (tertiary/aromatic N) is 1. The monoisotopic (exact) mass is 359 g/mol. The van der Waals surface area contributed by atoms with Crippen molar-refractivity contribution in [3.05, 3.63) is 33.3 Å². The number of ether oxygens (including phenoxy) is 1. The highest BCUT2D eigenvalue weighted by molar-refractivity contribution is 9.10. The summed E-state index contributed by atoms with van der Waals surface area (Å²) in [5, 5.41) is 0.374. The van der Waals surface area contributed by atoms with Crippen LogP contribution in [0.1, 0.15) is 29.6 Å². The number of piperidine rings is 1. The smallest absolute Gasteiger partial charge is 0.328 e. The third-order valence-corrected chi connectivity index (χ3v) is 4.20. The first-order valence-corrected chi connectivity index (χ1v) is 7.55. The minimum atomic E-state index is -0.513. The highest BCUT2D eigenvalue weighted by Crippen LogP contribution is 2.26. The van der Waals surface area contributed by atoms with Gasteiger partial charge in [-0.25, -0.2) is 4.79 Å². The fourth-order valence-electron chi connectivity index (χ4n) is 2.37. The van der Waals surface area contributed by atoms with Crippen molar-refractivity contribution in [2.45, 2.75) is 25.3 Å². The summed E-state index contributed by atoms with van der Waals surface area (Å²) < 4.78 is 5.59. The van der Waals surface area contributed by atoms with Gasteiger partial charge < -0.3 is 9.64 Å². The van der Waals surface area contributed by atoms with Gasteiger partial charge in [0.25, 0.3) is 5.91 Å². The van der Waals surface area contributed by atoms with E-state index in [9.17, 15) is 9.59 Å². The van der Waals surface area contributed by atoms with Crippen LogP contribution in [0.4, 0.5) is 0 Å². The minimum Gasteiger partial charge on any atom is -0.467 e. The lowest BCUT2D eigenvalue weighted by atomic mass is 10.0. The molecule has 1 aromatic rings. The minimum absolute atomic E-state index is 0.224. The molecule has 4 nitrogen and oxygen atoms in total. The molecule has 2 rings (SSSR count). The zero-order valence-electron chi connectivity index (χ0n) is 11.1. The fraction of sp³-hybridized carbons (Fsp3) is 0.429. The van der Waals surface area contributed by atoms with Crippen molar-refractivity contribution in [1.29, 1.82) is 0 Å². The summed E-state index contributed by atoms with van der Waals surface area (Å²) in [6.07, 6.45) is 2.43. The molecule has 1 aliphatic heterocycles. The van der Waals surface area contributed by atoms with Crippen molar-refractivity contribution in [2.75, 3.05) is 13.7 Å². The van der Waals surface area contributed by atoms with Crippen LogP contribution < -0.4 is 0 Å². The van der Waals surface area contributed by atoms with E-state index in [1.807, 2.05) is 0 Å². The van der Waals surface area contributed by atoms with Gasteiger partial charge in [0.05, 0.1) is 17.7 Å². The third kappa shape index (κ3) is 3.15. The molecule has 20 heavy (non-hydrogen) atoms. The van der Waals surface area contributed by atoms with Gasteiger partial charge in [-0.2, -0.15) is 0 Å². The molecule has 1 aromatic carbocycles. The average Bonchev–Trinajstić information content (AvgIpc) is 2.46. The van der Waals surface area contributed by atoms with E-state index in [1.54, 1.807) is 23.1 Å². The van der Waals surface area contributed by atoms with Crippen molar-refractivity contribution in [2.24, 2.45) is 0 Å². The summed E-state index contributed by atoms with van der Waals surface area (Å²) in [4.78, 5) is 25.9. The molecular formula is C14H15BrClNO3. The number of benzene rings is 1. The molecular weight excluding hydrogens is 346 g/mol. The molecule has 0 unspecified atom stereocenters. The van der Waals surface area contributed by atoms with E-state index < -0.39 is 6.04 Å². The first kappa shape index (κ1) is 15.3. The summed E-state index contributed by atoms with van der Waals surface area (Å²) in [6.45, 7) is 0.547. The Morgan fingerprint density at radius 1 is 1.40 bits per heavy atom. The summed E-state index contributed by atoms with van der Waals surface area (Å²) in [5.74, 6) is -0.594. The molecule has 0 aliphatic carbocycles. The second-order valence-electron chi connectivity index (χ2n) is 4.66.